The van der Waals surface area contributed by atoms with Gasteiger partial charge in [0.15, 0.2) is 11.5 Å². The molecule has 3 aliphatic carbocycles. The number of piperidine rings is 1. The van der Waals surface area contributed by atoms with Crippen LogP contribution in [-0.4, -0.2) is 50.9 Å². The molecule has 2 bridgehead atoms. The number of ether oxygens (including phenoxy) is 1. The van der Waals surface area contributed by atoms with Crippen LogP contribution in [0.4, 0.5) is 5.69 Å². The number of phenolic OH excluding ortho intramolecular Hbond substituents is 1. The van der Waals surface area contributed by atoms with E-state index in [1.165, 1.54) is 24.5 Å². The topological polar surface area (TPSA) is 96.1 Å². The number of nitrogens with zero attached hydrogens (tertiary/aromatic N) is 2. The number of benzene rings is 2. The van der Waals surface area contributed by atoms with Gasteiger partial charge in [-0.15, -0.1) is 0 Å². The predicted octanol–water partition coefficient (Wildman–Crippen LogP) is 3.26. The van der Waals surface area contributed by atoms with Gasteiger partial charge in [-0.2, -0.15) is 0 Å². The van der Waals surface area contributed by atoms with Crippen LogP contribution in [0.15, 0.2) is 36.4 Å². The van der Waals surface area contributed by atoms with Crippen LogP contribution < -0.4 is 4.74 Å². The molecule has 0 aromatic heterocycles. The molecule has 166 valence electrons. The first kappa shape index (κ1) is 18.9. The number of hydrogen-bond donors (Lipinski definition) is 2. The minimum Gasteiger partial charge on any atom is -0.504 e. The van der Waals surface area contributed by atoms with Gasteiger partial charge >= 0.3 is 0 Å². The van der Waals surface area contributed by atoms with E-state index in [1.54, 1.807) is 18.2 Å². The lowest BCUT2D eigenvalue weighted by molar-refractivity contribution is -0.385. The molecule has 5 aliphatic rings. The molecule has 0 radical (unpaired) electrons. The highest BCUT2D eigenvalue weighted by Gasteiger charge is 2.68. The van der Waals surface area contributed by atoms with Crippen LogP contribution >= 0.6 is 0 Å². The smallest absolute Gasteiger partial charge is 0.269 e. The Kier molecular flexibility index (Phi) is 3.68. The minimum absolute atomic E-state index is 0.0500. The van der Waals surface area contributed by atoms with Crippen molar-refractivity contribution >= 4 is 5.69 Å². The van der Waals surface area contributed by atoms with Crippen molar-refractivity contribution in [2.75, 3.05) is 6.54 Å². The zero-order chi connectivity index (χ0) is 21.8. The van der Waals surface area contributed by atoms with Gasteiger partial charge in [0.25, 0.3) is 5.69 Å². The molecule has 0 amide bonds. The Bertz CT molecular complexity index is 1150. The van der Waals surface area contributed by atoms with Crippen LogP contribution in [-0.2, 0) is 11.8 Å². The Labute approximate surface area is 185 Å². The molecular weight excluding hydrogens is 408 g/mol. The Morgan fingerprint density at radius 2 is 2.06 bits per heavy atom. The van der Waals surface area contributed by atoms with Crippen LogP contribution in [0.1, 0.15) is 48.3 Å². The summed E-state index contributed by atoms with van der Waals surface area (Å²) in [5.41, 5.74) is 2.92. The summed E-state index contributed by atoms with van der Waals surface area (Å²) in [6, 6.07) is 11.5. The number of nitro benzene ring substituents is 1. The van der Waals surface area contributed by atoms with E-state index in [4.69, 9.17) is 4.74 Å². The molecule has 1 unspecified atom stereocenters. The van der Waals surface area contributed by atoms with Crippen LogP contribution in [0, 0.1) is 16.0 Å². The molecule has 32 heavy (non-hydrogen) atoms. The van der Waals surface area contributed by atoms with E-state index in [0.717, 1.165) is 36.9 Å². The summed E-state index contributed by atoms with van der Waals surface area (Å²) in [7, 11) is 0. The second-order valence-electron chi connectivity index (χ2n) is 10.3. The number of rotatable bonds is 3. The first-order valence-electron chi connectivity index (χ1n) is 11.7. The summed E-state index contributed by atoms with van der Waals surface area (Å²) in [4.78, 5) is 13.7. The third-order valence-corrected chi connectivity index (χ3v) is 8.96. The molecule has 2 saturated carbocycles. The molecule has 2 aromatic rings. The van der Waals surface area contributed by atoms with E-state index in [9.17, 15) is 20.3 Å². The maximum atomic E-state index is 11.6. The average molecular weight is 434 g/mol. The Hall–Kier alpha value is -2.64. The zero-order valence-electron chi connectivity index (χ0n) is 17.7. The van der Waals surface area contributed by atoms with E-state index < -0.39 is 12.2 Å². The zero-order valence-corrected chi connectivity index (χ0v) is 17.7. The quantitative estimate of drug-likeness (QED) is 0.569. The third-order valence-electron chi connectivity index (χ3n) is 8.96. The second-order valence-corrected chi connectivity index (χ2v) is 10.3. The highest BCUT2D eigenvalue weighted by molar-refractivity contribution is 5.61. The van der Waals surface area contributed by atoms with Gasteiger partial charge in [-0.25, -0.2) is 0 Å². The highest BCUT2D eigenvalue weighted by atomic mass is 16.6. The molecular formula is C25H26N2O5. The summed E-state index contributed by atoms with van der Waals surface area (Å²) in [6.07, 6.45) is 3.87. The normalized spacial score (nSPS) is 37.0. The fraction of sp³-hybridized carbons (Fsp3) is 0.520. The standard InChI is InChI=1S/C25H26N2O5/c28-20-7-4-14-11-19-18-12-17(13-2-1-3-16(10-13)27(30)31)22(29)24-25(18,21(14)23(20)32-24)8-9-26(19)15-5-6-15/h1-4,7,10,15,17-19,22,24,28-29H,5-6,8-9,11-12H2/t17-,18?,19-,22+,24+,25+/m1/s1. The van der Waals surface area contributed by atoms with Gasteiger partial charge in [-0.05, 0) is 61.8 Å². The number of nitro groups is 1. The molecule has 6 atom stereocenters. The van der Waals surface area contributed by atoms with Crippen LogP contribution in [0.25, 0.3) is 0 Å². The van der Waals surface area contributed by atoms with E-state index in [1.807, 2.05) is 12.1 Å². The number of phenols is 1. The number of likely N-dealkylation sites (tertiary alicyclic amines) is 1. The highest BCUT2D eigenvalue weighted by Crippen LogP contribution is 2.66. The molecule has 2 heterocycles. The third kappa shape index (κ3) is 2.28. The van der Waals surface area contributed by atoms with Crippen molar-refractivity contribution in [2.24, 2.45) is 5.92 Å². The van der Waals surface area contributed by atoms with E-state index in [-0.39, 0.29) is 33.6 Å². The molecule has 1 saturated heterocycles. The van der Waals surface area contributed by atoms with Crippen molar-refractivity contribution < 1.29 is 19.9 Å². The van der Waals surface area contributed by atoms with Crippen molar-refractivity contribution in [1.82, 2.24) is 4.90 Å². The summed E-state index contributed by atoms with van der Waals surface area (Å²) < 4.78 is 6.41. The molecule has 2 aromatic carbocycles. The molecule has 7 rings (SSSR count). The average Bonchev–Trinajstić information content (AvgIpc) is 3.56. The van der Waals surface area contributed by atoms with Crippen molar-refractivity contribution in [3.05, 3.63) is 63.2 Å². The summed E-state index contributed by atoms with van der Waals surface area (Å²) in [5, 5.41) is 33.6. The molecule has 1 spiro atoms. The van der Waals surface area contributed by atoms with Crippen LogP contribution in [0.3, 0.4) is 0 Å². The fourth-order valence-electron chi connectivity index (χ4n) is 7.60. The first-order chi connectivity index (χ1) is 15.5. The largest absolute Gasteiger partial charge is 0.504 e. The van der Waals surface area contributed by atoms with Gasteiger partial charge in [-0.3, -0.25) is 15.0 Å². The number of non-ortho nitro benzene ring substituents is 1. The van der Waals surface area contributed by atoms with Gasteiger partial charge in [0, 0.05) is 41.1 Å². The molecule has 2 aliphatic heterocycles. The fourth-order valence-corrected chi connectivity index (χ4v) is 7.60. The van der Waals surface area contributed by atoms with E-state index >= 15 is 0 Å². The summed E-state index contributed by atoms with van der Waals surface area (Å²) in [6.45, 7) is 0.994. The van der Waals surface area contributed by atoms with Gasteiger partial charge < -0.3 is 14.9 Å². The Morgan fingerprint density at radius 1 is 1.22 bits per heavy atom. The summed E-state index contributed by atoms with van der Waals surface area (Å²) >= 11 is 0. The monoisotopic (exact) mass is 434 g/mol. The lowest BCUT2D eigenvalue weighted by Gasteiger charge is -2.60. The molecule has 7 nitrogen and oxygen atoms in total. The number of hydrogen-bond acceptors (Lipinski definition) is 6. The second kappa shape index (κ2) is 6.23. The minimum atomic E-state index is -0.792. The maximum Gasteiger partial charge on any atom is 0.269 e. The number of aromatic hydroxyl groups is 1. The van der Waals surface area contributed by atoms with Crippen molar-refractivity contribution in [2.45, 2.75) is 67.7 Å². The van der Waals surface area contributed by atoms with Gasteiger partial charge in [0.1, 0.15) is 6.10 Å². The molecule has 7 heteroatoms. The maximum absolute atomic E-state index is 11.6. The number of aliphatic hydroxyl groups excluding tert-OH is 1. The van der Waals surface area contributed by atoms with Gasteiger partial charge in [-0.1, -0.05) is 18.2 Å². The van der Waals surface area contributed by atoms with Crippen molar-refractivity contribution in [1.29, 1.82) is 0 Å². The van der Waals surface area contributed by atoms with Gasteiger partial charge in [0.2, 0.25) is 0 Å². The molecule has 2 N–H and O–H groups in total. The predicted molar refractivity (Wildman–Crippen MR) is 116 cm³/mol. The first-order valence-corrected chi connectivity index (χ1v) is 11.7. The van der Waals surface area contributed by atoms with Crippen LogP contribution in [0.2, 0.25) is 0 Å². The summed E-state index contributed by atoms with van der Waals surface area (Å²) in [5.74, 6) is 0.741. The van der Waals surface area contributed by atoms with Crippen molar-refractivity contribution in [3.8, 4) is 11.5 Å². The Morgan fingerprint density at radius 3 is 2.84 bits per heavy atom. The SMILES string of the molecule is O=[N+]([O-])c1cccc([C@H]2CC3[C@H]4Cc5ccc(O)c6c5[C@@]3(CCN4C3CC3)[C@@H](O6)[C@H]2O)c1. The van der Waals surface area contributed by atoms with E-state index in [2.05, 4.69) is 4.90 Å². The Balaban J connectivity index is 1.38. The van der Waals surface area contributed by atoms with E-state index in [0.29, 0.717) is 17.8 Å². The number of aliphatic hydroxyl groups is 1. The lowest BCUT2D eigenvalue weighted by atomic mass is 9.49. The molecule has 3 fully saturated rings. The van der Waals surface area contributed by atoms with Crippen molar-refractivity contribution in [3.63, 3.8) is 0 Å². The van der Waals surface area contributed by atoms with Gasteiger partial charge in [0.05, 0.1) is 11.0 Å². The lowest BCUT2D eigenvalue weighted by Crippen LogP contribution is -2.68. The van der Waals surface area contributed by atoms with Crippen LogP contribution in [0.5, 0.6) is 11.5 Å².